The Morgan fingerprint density at radius 2 is 1.97 bits per heavy atom. The van der Waals surface area contributed by atoms with Crippen LogP contribution in [0.15, 0.2) is 48.8 Å². The SMILES string of the molecule is C=C(C)C(=O)Nc1ccc(-c2c(C3=CC[C@@H](C(=O)N4CC[C@@H](CO)C4)CC3)c3c(N)ncnc3n2C)cc1. The fourth-order valence-electron chi connectivity index (χ4n) is 5.60. The number of benzene rings is 1. The highest BCUT2D eigenvalue weighted by atomic mass is 16.3. The quantitative estimate of drug-likeness (QED) is 0.430. The van der Waals surface area contributed by atoms with Crippen LogP contribution in [0.25, 0.3) is 27.9 Å². The zero-order valence-corrected chi connectivity index (χ0v) is 21.9. The van der Waals surface area contributed by atoms with Crippen molar-refractivity contribution in [3.63, 3.8) is 0 Å². The molecule has 9 nitrogen and oxygen atoms in total. The van der Waals surface area contributed by atoms with Crippen LogP contribution in [-0.4, -0.2) is 56.1 Å². The van der Waals surface area contributed by atoms with E-state index in [2.05, 4.69) is 27.9 Å². The second-order valence-electron chi connectivity index (χ2n) is 10.4. The molecule has 3 heterocycles. The zero-order valence-electron chi connectivity index (χ0n) is 21.9. The van der Waals surface area contributed by atoms with Gasteiger partial charge in [-0.2, -0.15) is 0 Å². The van der Waals surface area contributed by atoms with E-state index < -0.39 is 0 Å². The van der Waals surface area contributed by atoms with Crippen LogP contribution in [0.5, 0.6) is 0 Å². The fraction of sp³-hybridized carbons (Fsp3) is 0.379. The standard InChI is InChI=1S/C29H34N6O3/c1-17(2)28(37)33-22-10-8-20(9-11-22)25-23(24-26(30)31-16-32-27(24)34(25)3)19-4-6-21(7-5-19)29(38)35-13-12-18(14-35)15-36/h4,8-11,16,18,21,36H,1,5-7,12-15H2,2-3H3,(H,33,37)(H2,30,31,32)/t18-,21-/m1/s1. The summed E-state index contributed by atoms with van der Waals surface area (Å²) < 4.78 is 2.03. The van der Waals surface area contributed by atoms with Crippen molar-refractivity contribution in [1.82, 2.24) is 19.4 Å². The number of hydrogen-bond acceptors (Lipinski definition) is 6. The molecule has 1 saturated heterocycles. The van der Waals surface area contributed by atoms with Crippen molar-refractivity contribution in [2.45, 2.75) is 32.6 Å². The number of anilines is 2. The van der Waals surface area contributed by atoms with Gasteiger partial charge in [-0.15, -0.1) is 0 Å². The van der Waals surface area contributed by atoms with Gasteiger partial charge in [0.2, 0.25) is 5.91 Å². The van der Waals surface area contributed by atoms with Crippen LogP contribution in [0.4, 0.5) is 11.5 Å². The predicted molar refractivity (Wildman–Crippen MR) is 149 cm³/mol. The number of nitrogens with two attached hydrogens (primary N) is 1. The summed E-state index contributed by atoms with van der Waals surface area (Å²) in [6, 6.07) is 7.67. The van der Waals surface area contributed by atoms with Gasteiger partial charge >= 0.3 is 0 Å². The number of likely N-dealkylation sites (tertiary alicyclic amines) is 1. The lowest BCUT2D eigenvalue weighted by atomic mass is 9.84. The minimum atomic E-state index is -0.219. The Morgan fingerprint density at radius 1 is 1.21 bits per heavy atom. The smallest absolute Gasteiger partial charge is 0.250 e. The number of nitrogen functional groups attached to an aromatic ring is 1. The van der Waals surface area contributed by atoms with Crippen LogP contribution in [0.3, 0.4) is 0 Å². The molecule has 2 amide bonds. The highest BCUT2D eigenvalue weighted by Gasteiger charge is 2.32. The first-order valence-corrected chi connectivity index (χ1v) is 13.0. The monoisotopic (exact) mass is 514 g/mol. The van der Waals surface area contributed by atoms with E-state index in [0.29, 0.717) is 30.0 Å². The van der Waals surface area contributed by atoms with E-state index in [1.54, 1.807) is 6.92 Å². The van der Waals surface area contributed by atoms with E-state index in [1.165, 1.54) is 6.33 Å². The molecule has 38 heavy (non-hydrogen) atoms. The topological polar surface area (TPSA) is 126 Å². The summed E-state index contributed by atoms with van der Waals surface area (Å²) in [5.41, 5.74) is 12.3. The van der Waals surface area contributed by atoms with Gasteiger partial charge in [-0.25, -0.2) is 9.97 Å². The van der Waals surface area contributed by atoms with E-state index in [9.17, 15) is 14.7 Å². The summed E-state index contributed by atoms with van der Waals surface area (Å²) in [5.74, 6) is 0.520. The maximum absolute atomic E-state index is 13.1. The number of hydrogen-bond donors (Lipinski definition) is 3. The Morgan fingerprint density at radius 3 is 2.61 bits per heavy atom. The van der Waals surface area contributed by atoms with Crippen molar-refractivity contribution in [3.8, 4) is 11.3 Å². The Balaban J connectivity index is 1.48. The predicted octanol–water partition coefficient (Wildman–Crippen LogP) is 3.76. The number of fused-ring (bicyclic) bond motifs is 1. The van der Waals surface area contributed by atoms with Crippen molar-refractivity contribution in [2.24, 2.45) is 18.9 Å². The van der Waals surface area contributed by atoms with E-state index in [4.69, 9.17) is 5.73 Å². The van der Waals surface area contributed by atoms with Gasteiger partial charge in [0, 0.05) is 55.4 Å². The molecule has 4 N–H and O–H groups in total. The van der Waals surface area contributed by atoms with Crippen LogP contribution in [0.2, 0.25) is 0 Å². The van der Waals surface area contributed by atoms with Crippen LogP contribution in [0.1, 0.15) is 38.2 Å². The lowest BCUT2D eigenvalue weighted by Crippen LogP contribution is -2.35. The first-order chi connectivity index (χ1) is 18.3. The third-order valence-electron chi connectivity index (χ3n) is 7.74. The first-order valence-electron chi connectivity index (χ1n) is 13.0. The number of aromatic nitrogens is 3. The maximum Gasteiger partial charge on any atom is 0.250 e. The third kappa shape index (κ3) is 4.69. The summed E-state index contributed by atoms with van der Waals surface area (Å²) >= 11 is 0. The number of aliphatic hydroxyl groups excluding tert-OH is 1. The minimum Gasteiger partial charge on any atom is -0.396 e. The molecule has 198 valence electrons. The number of nitrogens with one attached hydrogen (secondary N) is 1. The number of aryl methyl sites for hydroxylation is 1. The molecule has 3 aromatic rings. The Kier molecular flexibility index (Phi) is 7.03. The van der Waals surface area contributed by atoms with Gasteiger partial charge in [0.05, 0.1) is 11.1 Å². The van der Waals surface area contributed by atoms with Gasteiger partial charge in [0.15, 0.2) is 0 Å². The summed E-state index contributed by atoms with van der Waals surface area (Å²) in [4.78, 5) is 35.9. The third-order valence-corrected chi connectivity index (χ3v) is 7.74. The van der Waals surface area contributed by atoms with Gasteiger partial charge < -0.3 is 25.6 Å². The number of amides is 2. The Labute approximate surface area is 222 Å². The molecule has 1 aromatic carbocycles. The number of carbonyl (C=O) groups excluding carboxylic acids is 2. The van der Waals surface area contributed by atoms with E-state index in [0.717, 1.165) is 59.2 Å². The van der Waals surface area contributed by atoms with Crippen LogP contribution in [-0.2, 0) is 16.6 Å². The average molecular weight is 515 g/mol. The number of nitrogens with zero attached hydrogens (tertiary/aromatic N) is 4. The van der Waals surface area contributed by atoms with Crippen molar-refractivity contribution in [3.05, 3.63) is 54.4 Å². The zero-order chi connectivity index (χ0) is 27.0. The molecule has 1 aliphatic heterocycles. The second kappa shape index (κ2) is 10.4. The van der Waals surface area contributed by atoms with Crippen LogP contribution >= 0.6 is 0 Å². The van der Waals surface area contributed by atoms with Gasteiger partial charge in [0.25, 0.3) is 5.91 Å². The molecule has 2 atom stereocenters. The number of aliphatic hydroxyl groups is 1. The van der Waals surface area contributed by atoms with Gasteiger partial charge in [-0.1, -0.05) is 24.8 Å². The summed E-state index contributed by atoms with van der Waals surface area (Å²) in [6.07, 6.45) is 6.65. The normalized spacial score (nSPS) is 19.4. The lowest BCUT2D eigenvalue weighted by Gasteiger charge is -2.26. The molecule has 0 bridgehead atoms. The first kappa shape index (κ1) is 25.7. The Hall–Kier alpha value is -3.98. The largest absolute Gasteiger partial charge is 0.396 e. The summed E-state index contributed by atoms with van der Waals surface area (Å²) in [5, 5.41) is 13.1. The van der Waals surface area contributed by atoms with Crippen molar-refractivity contribution in [1.29, 1.82) is 0 Å². The fourth-order valence-corrected chi connectivity index (χ4v) is 5.60. The number of rotatable bonds is 6. The molecule has 0 saturated carbocycles. The maximum atomic E-state index is 13.1. The Bertz CT molecular complexity index is 1440. The van der Waals surface area contributed by atoms with Gasteiger partial charge in [0.1, 0.15) is 17.8 Å². The van der Waals surface area contributed by atoms with Crippen molar-refractivity contribution < 1.29 is 14.7 Å². The molecule has 0 radical (unpaired) electrons. The molecular formula is C29H34N6O3. The van der Waals surface area contributed by atoms with Gasteiger partial charge in [-0.3, -0.25) is 9.59 Å². The molecule has 2 aromatic heterocycles. The molecule has 2 aliphatic rings. The highest BCUT2D eigenvalue weighted by molar-refractivity contribution is 6.05. The molecule has 1 fully saturated rings. The van der Waals surface area contributed by atoms with Crippen molar-refractivity contribution >= 4 is 39.9 Å². The molecule has 0 spiro atoms. The van der Waals surface area contributed by atoms with E-state index in [1.807, 2.05) is 40.8 Å². The van der Waals surface area contributed by atoms with Gasteiger partial charge in [-0.05, 0) is 55.9 Å². The number of allylic oxidation sites excluding steroid dienone is 2. The van der Waals surface area contributed by atoms with E-state index >= 15 is 0 Å². The molecule has 0 unspecified atom stereocenters. The molecule has 1 aliphatic carbocycles. The van der Waals surface area contributed by atoms with E-state index in [-0.39, 0.29) is 30.3 Å². The molecular weight excluding hydrogens is 480 g/mol. The van der Waals surface area contributed by atoms with Crippen molar-refractivity contribution in [2.75, 3.05) is 30.7 Å². The lowest BCUT2D eigenvalue weighted by molar-refractivity contribution is -0.134. The van der Waals surface area contributed by atoms with Crippen LogP contribution < -0.4 is 11.1 Å². The van der Waals surface area contributed by atoms with Crippen LogP contribution in [0, 0.1) is 11.8 Å². The summed E-state index contributed by atoms with van der Waals surface area (Å²) in [6.45, 7) is 6.86. The number of carbonyl (C=O) groups is 2. The highest BCUT2D eigenvalue weighted by Crippen LogP contribution is 2.43. The average Bonchev–Trinajstić information content (AvgIpc) is 3.52. The summed E-state index contributed by atoms with van der Waals surface area (Å²) in [7, 11) is 1.96. The second-order valence-corrected chi connectivity index (χ2v) is 10.4. The molecule has 5 rings (SSSR count). The minimum absolute atomic E-state index is 0.0561. The molecule has 9 heteroatoms.